The highest BCUT2D eigenvalue weighted by atomic mass is 16.5. The predicted molar refractivity (Wildman–Crippen MR) is 132 cm³/mol. The van der Waals surface area contributed by atoms with Crippen LogP contribution in [0.25, 0.3) is 0 Å². The minimum absolute atomic E-state index is 0.540. The molecule has 0 amide bonds. The molecule has 3 aromatic carbocycles. The summed E-state index contributed by atoms with van der Waals surface area (Å²) in [6.45, 7) is 1.42. The fourth-order valence-electron chi connectivity index (χ4n) is 5.09. The van der Waals surface area contributed by atoms with Gasteiger partial charge < -0.3 is 24.2 Å². The van der Waals surface area contributed by atoms with Crippen LogP contribution >= 0.6 is 0 Å². The molecule has 0 saturated heterocycles. The smallest absolute Gasteiger partial charge is 0.203 e. The van der Waals surface area contributed by atoms with E-state index in [2.05, 4.69) is 29.2 Å². The fourth-order valence-corrected chi connectivity index (χ4v) is 5.09. The lowest BCUT2D eigenvalue weighted by Gasteiger charge is -2.44. The quantitative estimate of drug-likeness (QED) is 0.581. The number of hydrogen-bond acceptors (Lipinski definition) is 6. The fraction of sp³-hybridized carbons (Fsp3) is 0.321. The van der Waals surface area contributed by atoms with Crippen molar-refractivity contribution in [2.24, 2.45) is 4.99 Å². The van der Waals surface area contributed by atoms with E-state index >= 15 is 0 Å². The van der Waals surface area contributed by atoms with Crippen LogP contribution in [0.1, 0.15) is 27.8 Å². The van der Waals surface area contributed by atoms with Crippen LogP contribution < -0.4 is 14.2 Å². The zero-order valence-corrected chi connectivity index (χ0v) is 19.9. The maximum atomic E-state index is 12.0. The minimum atomic E-state index is -1.10. The summed E-state index contributed by atoms with van der Waals surface area (Å²) in [4.78, 5) is 6.78. The van der Waals surface area contributed by atoms with Gasteiger partial charge in [0.05, 0.1) is 27.9 Å². The zero-order chi connectivity index (χ0) is 23.7. The molecule has 0 saturated carbocycles. The van der Waals surface area contributed by atoms with Crippen LogP contribution in [0, 0.1) is 0 Å². The molecule has 2 heterocycles. The van der Waals surface area contributed by atoms with Gasteiger partial charge in [0.25, 0.3) is 0 Å². The number of amidine groups is 1. The summed E-state index contributed by atoms with van der Waals surface area (Å²) in [7, 11) is 4.86. The zero-order valence-electron chi connectivity index (χ0n) is 19.9. The molecule has 1 atom stereocenters. The number of benzene rings is 3. The molecule has 6 heteroatoms. The predicted octanol–water partition coefficient (Wildman–Crippen LogP) is 3.96. The van der Waals surface area contributed by atoms with Crippen molar-refractivity contribution in [3.63, 3.8) is 0 Å². The van der Waals surface area contributed by atoms with Crippen molar-refractivity contribution in [1.29, 1.82) is 0 Å². The van der Waals surface area contributed by atoms with Gasteiger partial charge in [-0.1, -0.05) is 48.5 Å². The van der Waals surface area contributed by atoms with Gasteiger partial charge in [0.1, 0.15) is 5.84 Å². The van der Waals surface area contributed by atoms with Crippen LogP contribution in [-0.2, 0) is 25.0 Å². The molecule has 0 spiro atoms. The second-order valence-electron chi connectivity index (χ2n) is 8.74. The highest BCUT2D eigenvalue weighted by Gasteiger charge is 2.44. The number of hydrogen-bond donors (Lipinski definition) is 1. The molecule has 0 fully saturated rings. The number of aliphatic imine (C=N–C) groups is 1. The van der Waals surface area contributed by atoms with Crippen molar-refractivity contribution >= 4 is 5.84 Å². The molecular formula is C28H30N2O4. The summed E-state index contributed by atoms with van der Waals surface area (Å²) in [6.07, 6.45) is 2.16. The SMILES string of the molecule is COc1cc(CCc2cccc(C3(O)Cc4ccccc4C4=NCCN43)c2)cc(OC)c1OC. The highest BCUT2D eigenvalue weighted by molar-refractivity contribution is 6.02. The molecule has 6 nitrogen and oxygen atoms in total. The van der Waals surface area contributed by atoms with E-state index in [4.69, 9.17) is 19.2 Å². The van der Waals surface area contributed by atoms with E-state index in [0.717, 1.165) is 53.0 Å². The molecule has 0 bridgehead atoms. The lowest BCUT2D eigenvalue weighted by atomic mass is 9.85. The van der Waals surface area contributed by atoms with Gasteiger partial charge in [0.15, 0.2) is 17.2 Å². The average molecular weight is 459 g/mol. The van der Waals surface area contributed by atoms with E-state index in [9.17, 15) is 5.11 Å². The molecule has 1 unspecified atom stereocenters. The Kier molecular flexibility index (Phi) is 5.92. The molecule has 0 aromatic heterocycles. The second kappa shape index (κ2) is 9.03. The number of methoxy groups -OCH3 is 3. The van der Waals surface area contributed by atoms with E-state index < -0.39 is 5.72 Å². The maximum Gasteiger partial charge on any atom is 0.203 e. The maximum absolute atomic E-state index is 12.0. The Morgan fingerprint density at radius 1 is 0.882 bits per heavy atom. The van der Waals surface area contributed by atoms with E-state index in [1.54, 1.807) is 21.3 Å². The number of fused-ring (bicyclic) bond motifs is 3. The molecule has 3 aromatic rings. The van der Waals surface area contributed by atoms with Gasteiger partial charge >= 0.3 is 0 Å². The average Bonchev–Trinajstić information content (AvgIpc) is 3.38. The molecule has 34 heavy (non-hydrogen) atoms. The monoisotopic (exact) mass is 458 g/mol. The normalized spacial score (nSPS) is 18.7. The van der Waals surface area contributed by atoms with Crippen LogP contribution in [0.3, 0.4) is 0 Å². The van der Waals surface area contributed by atoms with Gasteiger partial charge in [-0.3, -0.25) is 4.99 Å². The van der Waals surface area contributed by atoms with Gasteiger partial charge in [-0.25, -0.2) is 0 Å². The summed E-state index contributed by atoms with van der Waals surface area (Å²) in [5.74, 6) is 2.80. The topological polar surface area (TPSA) is 63.5 Å². The van der Waals surface area contributed by atoms with Crippen molar-refractivity contribution in [2.45, 2.75) is 25.0 Å². The number of aliphatic hydroxyl groups is 1. The van der Waals surface area contributed by atoms with Crippen LogP contribution in [0.4, 0.5) is 0 Å². The van der Waals surface area contributed by atoms with Crippen molar-refractivity contribution in [2.75, 3.05) is 34.4 Å². The van der Waals surface area contributed by atoms with Gasteiger partial charge in [-0.05, 0) is 41.7 Å². The third-order valence-corrected chi connectivity index (χ3v) is 6.80. The Hall–Kier alpha value is -3.51. The van der Waals surface area contributed by atoms with E-state index in [-0.39, 0.29) is 0 Å². The lowest BCUT2D eigenvalue weighted by molar-refractivity contribution is -0.0745. The van der Waals surface area contributed by atoms with Gasteiger partial charge in [0.2, 0.25) is 5.75 Å². The Bertz CT molecular complexity index is 1210. The summed E-state index contributed by atoms with van der Waals surface area (Å²) >= 11 is 0. The number of ether oxygens (including phenoxy) is 3. The Labute approximate surface area is 200 Å². The van der Waals surface area contributed by atoms with Crippen molar-refractivity contribution in [3.8, 4) is 17.2 Å². The van der Waals surface area contributed by atoms with E-state index in [1.165, 1.54) is 0 Å². The lowest BCUT2D eigenvalue weighted by Crippen LogP contribution is -2.53. The van der Waals surface area contributed by atoms with Crippen LogP contribution in [0.15, 0.2) is 65.7 Å². The number of rotatable bonds is 7. The molecule has 0 radical (unpaired) electrons. The molecule has 0 aliphatic carbocycles. The van der Waals surface area contributed by atoms with Gasteiger partial charge in [-0.2, -0.15) is 0 Å². The molecule has 176 valence electrons. The van der Waals surface area contributed by atoms with E-state index in [1.807, 2.05) is 36.4 Å². The van der Waals surface area contributed by atoms with Crippen LogP contribution in [0.5, 0.6) is 17.2 Å². The first-order valence-corrected chi connectivity index (χ1v) is 11.6. The Morgan fingerprint density at radius 3 is 2.35 bits per heavy atom. The van der Waals surface area contributed by atoms with Crippen LogP contribution in [-0.4, -0.2) is 50.3 Å². The second-order valence-corrected chi connectivity index (χ2v) is 8.74. The molecule has 1 N–H and O–H groups in total. The van der Waals surface area contributed by atoms with Crippen molar-refractivity contribution < 1.29 is 19.3 Å². The summed E-state index contributed by atoms with van der Waals surface area (Å²) < 4.78 is 16.4. The number of nitrogens with zero attached hydrogens (tertiary/aromatic N) is 2. The molecule has 5 rings (SSSR count). The molecular weight excluding hydrogens is 428 g/mol. The van der Waals surface area contributed by atoms with E-state index in [0.29, 0.717) is 30.2 Å². The number of aryl methyl sites for hydroxylation is 2. The third-order valence-electron chi connectivity index (χ3n) is 6.80. The Balaban J connectivity index is 1.41. The highest BCUT2D eigenvalue weighted by Crippen LogP contribution is 2.40. The van der Waals surface area contributed by atoms with Gasteiger partial charge in [0, 0.05) is 24.1 Å². The summed E-state index contributed by atoms with van der Waals surface area (Å²) in [5, 5.41) is 12.0. The first-order chi connectivity index (χ1) is 16.6. The summed E-state index contributed by atoms with van der Waals surface area (Å²) in [5.41, 5.74) is 4.31. The molecule has 2 aliphatic heterocycles. The Morgan fingerprint density at radius 2 is 1.62 bits per heavy atom. The summed E-state index contributed by atoms with van der Waals surface area (Å²) in [6, 6.07) is 20.5. The molecule has 2 aliphatic rings. The van der Waals surface area contributed by atoms with Crippen molar-refractivity contribution in [3.05, 3.63) is 88.5 Å². The minimum Gasteiger partial charge on any atom is -0.493 e. The largest absolute Gasteiger partial charge is 0.493 e. The van der Waals surface area contributed by atoms with Crippen molar-refractivity contribution in [1.82, 2.24) is 4.90 Å². The standard InChI is InChI=1S/C28H30N2O4/c1-32-24-16-20(17-25(33-2)26(24)34-3)12-11-19-7-6-9-22(15-19)28(31)18-21-8-4-5-10-23(21)27-29-13-14-30(27)28/h4-10,15-17,31H,11-14,18H2,1-3H3. The first kappa shape index (κ1) is 22.3. The third kappa shape index (κ3) is 3.78. The van der Waals surface area contributed by atoms with Gasteiger partial charge in [-0.15, -0.1) is 0 Å². The first-order valence-electron chi connectivity index (χ1n) is 11.6. The van der Waals surface area contributed by atoms with Crippen LogP contribution in [0.2, 0.25) is 0 Å².